The number of nitrogens with one attached hydrogen (secondary N) is 1. The molecule has 3 rings (SSSR count). The lowest BCUT2D eigenvalue weighted by Gasteiger charge is -2.41. The Hall–Kier alpha value is -1.31. The Labute approximate surface area is 128 Å². The molecule has 2 nitrogen and oxygen atoms in total. The Morgan fingerprint density at radius 3 is 2.57 bits per heavy atom. The number of rotatable bonds is 1. The minimum atomic E-state index is 0.0561. The first-order valence-corrected chi connectivity index (χ1v) is 8.19. The van der Waals surface area contributed by atoms with Crippen molar-refractivity contribution in [3.05, 3.63) is 28.8 Å². The molecule has 1 aliphatic carbocycles. The van der Waals surface area contributed by atoms with Crippen LogP contribution in [0.4, 0.5) is 5.69 Å². The number of hydrogen-bond acceptors (Lipinski definition) is 1. The highest BCUT2D eigenvalue weighted by Crippen LogP contribution is 2.50. The van der Waals surface area contributed by atoms with Gasteiger partial charge in [-0.3, -0.25) is 4.79 Å². The lowest BCUT2D eigenvalue weighted by Crippen LogP contribution is -2.33. The van der Waals surface area contributed by atoms with Gasteiger partial charge in [-0.2, -0.15) is 0 Å². The lowest BCUT2D eigenvalue weighted by molar-refractivity contribution is -0.118. The summed E-state index contributed by atoms with van der Waals surface area (Å²) in [6.45, 7) is 11.3. The van der Waals surface area contributed by atoms with E-state index in [-0.39, 0.29) is 11.8 Å². The van der Waals surface area contributed by atoms with E-state index in [1.165, 1.54) is 29.5 Å². The number of anilines is 1. The van der Waals surface area contributed by atoms with E-state index in [4.69, 9.17) is 0 Å². The van der Waals surface area contributed by atoms with E-state index in [2.05, 4.69) is 52.1 Å². The number of amides is 1. The van der Waals surface area contributed by atoms with Gasteiger partial charge in [0.05, 0.1) is 5.92 Å². The molecule has 1 N–H and O–H groups in total. The number of aryl methyl sites for hydroxylation is 2. The van der Waals surface area contributed by atoms with Crippen molar-refractivity contribution in [3.8, 4) is 0 Å². The Balaban J connectivity index is 1.99. The monoisotopic (exact) mass is 285 g/mol. The van der Waals surface area contributed by atoms with Gasteiger partial charge in [0.25, 0.3) is 0 Å². The molecule has 1 aromatic rings. The number of hydrogen-bond donors (Lipinski definition) is 1. The number of carbonyl (C=O) groups is 1. The van der Waals surface area contributed by atoms with Gasteiger partial charge < -0.3 is 5.32 Å². The van der Waals surface area contributed by atoms with E-state index in [0.717, 1.165) is 12.1 Å². The van der Waals surface area contributed by atoms with Gasteiger partial charge in [0.2, 0.25) is 5.91 Å². The first kappa shape index (κ1) is 14.6. The summed E-state index contributed by atoms with van der Waals surface area (Å²) in [4.78, 5) is 12.6. The maximum atomic E-state index is 12.6. The Morgan fingerprint density at radius 1 is 1.19 bits per heavy atom. The number of fused-ring (bicyclic) bond motifs is 1. The zero-order valence-electron chi connectivity index (χ0n) is 13.9. The van der Waals surface area contributed by atoms with Crippen LogP contribution in [0.5, 0.6) is 0 Å². The second-order valence-corrected chi connectivity index (χ2v) is 8.19. The summed E-state index contributed by atoms with van der Waals surface area (Å²) in [6, 6.07) is 4.38. The van der Waals surface area contributed by atoms with E-state index in [1.807, 2.05) is 0 Å². The van der Waals surface area contributed by atoms with Crippen molar-refractivity contribution in [3.63, 3.8) is 0 Å². The zero-order chi connectivity index (χ0) is 15.4. The largest absolute Gasteiger partial charge is 0.325 e. The highest BCUT2D eigenvalue weighted by molar-refractivity contribution is 6.04. The molecular weight excluding hydrogens is 258 g/mol. The molecule has 1 saturated carbocycles. The molecule has 0 aromatic heterocycles. The molecule has 2 aliphatic rings. The molecule has 3 unspecified atom stereocenters. The summed E-state index contributed by atoms with van der Waals surface area (Å²) in [6.07, 6.45) is 3.60. The summed E-state index contributed by atoms with van der Waals surface area (Å²) in [5.41, 5.74) is 5.13. The van der Waals surface area contributed by atoms with E-state index in [9.17, 15) is 4.79 Å². The van der Waals surface area contributed by atoms with Gasteiger partial charge in [-0.05, 0) is 61.5 Å². The summed E-state index contributed by atoms with van der Waals surface area (Å²) in [7, 11) is 0. The van der Waals surface area contributed by atoms with Crippen LogP contribution >= 0.6 is 0 Å². The third-order valence-corrected chi connectivity index (χ3v) is 5.27. The molecule has 114 valence electrons. The van der Waals surface area contributed by atoms with E-state index in [0.29, 0.717) is 17.3 Å². The van der Waals surface area contributed by atoms with Crippen LogP contribution in [-0.2, 0) is 4.79 Å². The fraction of sp³-hybridized carbons (Fsp3) is 0.632. The minimum Gasteiger partial charge on any atom is -0.325 e. The quantitative estimate of drug-likeness (QED) is 0.789. The average Bonchev–Trinajstić information content (AvgIpc) is 2.63. The van der Waals surface area contributed by atoms with Crippen LogP contribution in [0, 0.1) is 31.1 Å². The lowest BCUT2D eigenvalue weighted by atomic mass is 9.64. The molecule has 1 amide bonds. The maximum absolute atomic E-state index is 12.6. The Kier molecular flexibility index (Phi) is 3.38. The second kappa shape index (κ2) is 4.86. The highest BCUT2D eigenvalue weighted by atomic mass is 16.2. The molecule has 0 spiro atoms. The molecule has 1 heterocycles. The molecule has 0 saturated heterocycles. The van der Waals surface area contributed by atoms with Gasteiger partial charge in [-0.25, -0.2) is 0 Å². The molecular formula is C19H27NO. The topological polar surface area (TPSA) is 29.1 Å². The van der Waals surface area contributed by atoms with Crippen molar-refractivity contribution in [1.29, 1.82) is 0 Å². The third-order valence-electron chi connectivity index (χ3n) is 5.27. The number of carbonyl (C=O) groups excluding carboxylic acids is 1. The smallest absolute Gasteiger partial charge is 0.232 e. The molecule has 1 aliphatic heterocycles. The summed E-state index contributed by atoms with van der Waals surface area (Å²) in [5, 5.41) is 3.14. The summed E-state index contributed by atoms with van der Waals surface area (Å²) in [5.74, 6) is 1.46. The standard InChI is InChI=1S/C19H27NO/c1-11-6-13(3)17-15(8-11)16(18(21)20-17)14-7-12(2)9-19(4,5)10-14/h6,8,12,14,16H,7,9-10H2,1-5H3,(H,20,21). The predicted molar refractivity (Wildman–Crippen MR) is 87.6 cm³/mol. The Bertz CT molecular complexity index is 587. The van der Waals surface area contributed by atoms with Crippen molar-refractivity contribution in [2.45, 2.75) is 59.8 Å². The number of benzene rings is 1. The molecule has 21 heavy (non-hydrogen) atoms. The van der Waals surface area contributed by atoms with Crippen LogP contribution < -0.4 is 5.32 Å². The zero-order valence-corrected chi connectivity index (χ0v) is 13.9. The van der Waals surface area contributed by atoms with E-state index in [1.54, 1.807) is 0 Å². The van der Waals surface area contributed by atoms with Gasteiger partial charge >= 0.3 is 0 Å². The van der Waals surface area contributed by atoms with Crippen LogP contribution in [0.2, 0.25) is 0 Å². The van der Waals surface area contributed by atoms with Crippen molar-refractivity contribution >= 4 is 11.6 Å². The van der Waals surface area contributed by atoms with Crippen molar-refractivity contribution in [2.24, 2.45) is 17.3 Å². The van der Waals surface area contributed by atoms with Crippen molar-refractivity contribution < 1.29 is 4.79 Å². The molecule has 2 heteroatoms. The SMILES string of the molecule is Cc1cc(C)c2c(c1)C(C1CC(C)CC(C)(C)C1)C(=O)N2. The van der Waals surface area contributed by atoms with Crippen molar-refractivity contribution in [1.82, 2.24) is 0 Å². The van der Waals surface area contributed by atoms with Crippen LogP contribution in [0.1, 0.15) is 62.6 Å². The molecule has 0 radical (unpaired) electrons. The Morgan fingerprint density at radius 2 is 1.90 bits per heavy atom. The van der Waals surface area contributed by atoms with Gasteiger partial charge in [0.1, 0.15) is 0 Å². The first-order valence-electron chi connectivity index (χ1n) is 8.19. The van der Waals surface area contributed by atoms with Crippen LogP contribution in [0.15, 0.2) is 12.1 Å². The van der Waals surface area contributed by atoms with Crippen LogP contribution in [0.3, 0.4) is 0 Å². The van der Waals surface area contributed by atoms with Gasteiger partial charge in [0.15, 0.2) is 0 Å². The fourth-order valence-corrected chi connectivity index (χ4v) is 4.90. The van der Waals surface area contributed by atoms with Crippen LogP contribution in [-0.4, -0.2) is 5.91 Å². The predicted octanol–water partition coefficient (Wildman–Crippen LogP) is 4.80. The normalized spacial score (nSPS) is 30.9. The average molecular weight is 285 g/mol. The summed E-state index contributed by atoms with van der Waals surface area (Å²) >= 11 is 0. The van der Waals surface area contributed by atoms with E-state index < -0.39 is 0 Å². The van der Waals surface area contributed by atoms with Gasteiger partial charge in [-0.1, -0.05) is 38.5 Å². The summed E-state index contributed by atoms with van der Waals surface area (Å²) < 4.78 is 0. The van der Waals surface area contributed by atoms with E-state index >= 15 is 0 Å². The maximum Gasteiger partial charge on any atom is 0.232 e. The first-order chi connectivity index (χ1) is 9.77. The third kappa shape index (κ3) is 2.61. The molecule has 0 bridgehead atoms. The second-order valence-electron chi connectivity index (χ2n) is 8.19. The van der Waals surface area contributed by atoms with Crippen LogP contribution in [0.25, 0.3) is 0 Å². The molecule has 1 fully saturated rings. The molecule has 1 aromatic carbocycles. The highest BCUT2D eigenvalue weighted by Gasteiger charge is 2.43. The van der Waals surface area contributed by atoms with Crippen molar-refractivity contribution in [2.75, 3.05) is 5.32 Å². The van der Waals surface area contributed by atoms with Gasteiger partial charge in [-0.15, -0.1) is 0 Å². The minimum absolute atomic E-state index is 0.0561. The molecule has 3 atom stereocenters. The van der Waals surface area contributed by atoms with Gasteiger partial charge in [0, 0.05) is 5.69 Å². The fourth-order valence-electron chi connectivity index (χ4n) is 4.90.